The molecule has 6 nitrogen and oxygen atoms in total. The Morgan fingerprint density at radius 2 is 1.67 bits per heavy atom. The van der Waals surface area contributed by atoms with Gasteiger partial charge in [0.15, 0.2) is 0 Å². The van der Waals surface area contributed by atoms with E-state index in [1.54, 1.807) is 0 Å². The van der Waals surface area contributed by atoms with E-state index in [1.165, 1.54) is 24.3 Å². The van der Waals surface area contributed by atoms with Crippen molar-refractivity contribution in [3.05, 3.63) is 35.4 Å². The van der Waals surface area contributed by atoms with Crippen LogP contribution < -0.4 is 5.90 Å². The quantitative estimate of drug-likeness (QED) is 0.422. The summed E-state index contributed by atoms with van der Waals surface area (Å²) in [6, 6.07) is 5.63. The maximum atomic E-state index is 11.0. The molecule has 3 N–H and O–H groups in total. The minimum atomic E-state index is -1.05. The van der Waals surface area contributed by atoms with Crippen LogP contribution in [0.2, 0.25) is 0 Å². The molecule has 0 aliphatic rings. The summed E-state index contributed by atoms with van der Waals surface area (Å²) in [6.45, 7) is 0. The number of hydrogen-bond donors (Lipinski definition) is 2. The third-order valence-corrected chi connectivity index (χ3v) is 1.56. The van der Waals surface area contributed by atoms with E-state index in [1.807, 2.05) is 0 Å². The van der Waals surface area contributed by atoms with Crippen molar-refractivity contribution in [2.24, 2.45) is 5.90 Å². The summed E-state index contributed by atoms with van der Waals surface area (Å²) in [5.41, 5.74) is -0.195. The molecule has 7 heteroatoms. The van der Waals surface area contributed by atoms with Crippen molar-refractivity contribution in [3.8, 4) is 0 Å². The molecule has 0 heterocycles. The van der Waals surface area contributed by atoms with Crippen LogP contribution in [0.15, 0.2) is 24.3 Å². The molecule has 0 unspecified atom stereocenters. The second-order valence-electron chi connectivity index (χ2n) is 2.33. The Morgan fingerprint density at radius 3 is 2.07 bits per heavy atom. The Kier molecular flexibility index (Phi) is 5.86. The Labute approximate surface area is 104 Å². The van der Waals surface area contributed by atoms with Gasteiger partial charge in [0.25, 0.3) is 0 Å². The van der Waals surface area contributed by atoms with E-state index in [4.69, 9.17) is 5.26 Å². The van der Waals surface area contributed by atoms with E-state index in [9.17, 15) is 9.59 Å². The summed E-state index contributed by atoms with van der Waals surface area (Å²) in [5.74, 6) is 2.72. The maximum absolute atomic E-state index is 11.0. The first-order valence-corrected chi connectivity index (χ1v) is 3.56. The van der Waals surface area contributed by atoms with Gasteiger partial charge >= 0.3 is 35.0 Å². The molecular formula is C8H9MgNO5. The van der Waals surface area contributed by atoms with Gasteiger partial charge in [-0.15, -0.1) is 0 Å². The molecule has 15 heavy (non-hydrogen) atoms. The Bertz CT molecular complexity index is 342. The van der Waals surface area contributed by atoms with E-state index >= 15 is 0 Å². The zero-order valence-electron chi connectivity index (χ0n) is 9.67. The average Bonchev–Trinajstić information content (AvgIpc) is 2.27. The Morgan fingerprint density at radius 1 is 1.20 bits per heavy atom. The molecule has 0 bridgehead atoms. The SMILES string of the molecule is NOC(=O)c1ccccc1C(=O)OO.[H-].[H-].[Mg+2]. The summed E-state index contributed by atoms with van der Waals surface area (Å²) < 4.78 is 0. The fourth-order valence-electron chi connectivity index (χ4n) is 0.952. The van der Waals surface area contributed by atoms with Gasteiger partial charge in [0.05, 0.1) is 11.1 Å². The van der Waals surface area contributed by atoms with Crippen molar-refractivity contribution < 1.29 is 27.4 Å². The predicted molar refractivity (Wildman–Crippen MR) is 52.1 cm³/mol. The number of benzene rings is 1. The molecule has 1 rings (SSSR count). The van der Waals surface area contributed by atoms with Crippen LogP contribution in [0.25, 0.3) is 0 Å². The van der Waals surface area contributed by atoms with Crippen molar-refractivity contribution in [1.29, 1.82) is 0 Å². The average molecular weight is 223 g/mol. The molecule has 0 spiro atoms. The molecule has 0 aromatic heterocycles. The van der Waals surface area contributed by atoms with Crippen LogP contribution >= 0.6 is 0 Å². The van der Waals surface area contributed by atoms with Crippen LogP contribution in [0.1, 0.15) is 23.6 Å². The predicted octanol–water partition coefficient (Wildman–Crippen LogP) is 0.191. The summed E-state index contributed by atoms with van der Waals surface area (Å²) in [5, 5.41) is 8.13. The number of hydrogen-bond acceptors (Lipinski definition) is 6. The Hall–Kier alpha value is -1.15. The third kappa shape index (κ3) is 3.17. The fourth-order valence-corrected chi connectivity index (χ4v) is 0.952. The summed E-state index contributed by atoms with van der Waals surface area (Å²) in [7, 11) is 0. The van der Waals surface area contributed by atoms with Gasteiger partial charge in [-0.25, -0.2) is 9.59 Å². The molecule has 0 saturated carbocycles. The van der Waals surface area contributed by atoms with Gasteiger partial charge in [-0.2, -0.15) is 11.2 Å². The maximum Gasteiger partial charge on any atom is 2.00 e. The summed E-state index contributed by atoms with van der Waals surface area (Å²) >= 11 is 0. The second-order valence-corrected chi connectivity index (χ2v) is 2.33. The normalized spacial score (nSPS) is 8.67. The number of carbonyl (C=O) groups excluding carboxylic acids is 2. The molecule has 0 saturated heterocycles. The topological polar surface area (TPSA) is 98.9 Å². The molecule has 0 aliphatic carbocycles. The monoisotopic (exact) mass is 223 g/mol. The van der Waals surface area contributed by atoms with Crippen LogP contribution in [0, 0.1) is 0 Å². The van der Waals surface area contributed by atoms with E-state index < -0.39 is 11.9 Å². The van der Waals surface area contributed by atoms with Gasteiger partial charge in [-0.3, -0.25) is 4.89 Å². The molecule has 1 aromatic rings. The van der Waals surface area contributed by atoms with Crippen LogP contribution in [-0.4, -0.2) is 40.2 Å². The van der Waals surface area contributed by atoms with Gasteiger partial charge in [0.1, 0.15) is 0 Å². The molecule has 0 fully saturated rings. The van der Waals surface area contributed by atoms with Gasteiger partial charge in [-0.05, 0) is 12.1 Å². The smallest absolute Gasteiger partial charge is 1.00 e. The number of nitrogens with two attached hydrogens (primary N) is 1. The molecule has 0 aliphatic heterocycles. The van der Waals surface area contributed by atoms with Crippen molar-refractivity contribution in [3.63, 3.8) is 0 Å². The molecule has 1 aromatic carbocycles. The first kappa shape index (κ1) is 13.8. The second kappa shape index (κ2) is 6.35. The zero-order valence-corrected chi connectivity index (χ0v) is 9.09. The van der Waals surface area contributed by atoms with Crippen LogP contribution in [0.4, 0.5) is 0 Å². The third-order valence-electron chi connectivity index (χ3n) is 1.56. The minimum Gasteiger partial charge on any atom is -1.00 e. The summed E-state index contributed by atoms with van der Waals surface area (Å²) in [4.78, 5) is 29.4. The molecular weight excluding hydrogens is 214 g/mol. The van der Waals surface area contributed by atoms with Gasteiger partial charge in [-0.1, -0.05) is 12.1 Å². The van der Waals surface area contributed by atoms with Crippen LogP contribution in [0.5, 0.6) is 0 Å². The van der Waals surface area contributed by atoms with Crippen molar-refractivity contribution in [2.45, 2.75) is 0 Å². The number of rotatable bonds is 2. The van der Waals surface area contributed by atoms with Gasteiger partial charge < -0.3 is 7.69 Å². The van der Waals surface area contributed by atoms with Gasteiger partial charge in [0.2, 0.25) is 0 Å². The van der Waals surface area contributed by atoms with E-state index in [-0.39, 0.29) is 37.0 Å². The van der Waals surface area contributed by atoms with Crippen molar-refractivity contribution in [2.75, 3.05) is 0 Å². The zero-order chi connectivity index (χ0) is 10.6. The standard InChI is InChI=1S/C8H7NO5.Mg.2H/c9-13-7(10)5-3-1-2-4-6(5)8(11)14-12;;;/h1-4,12H,9H2;;;/q;+2;2*-1. The first-order chi connectivity index (χ1) is 6.70. The molecule has 0 radical (unpaired) electrons. The Balaban J connectivity index is -0.000000653. The van der Waals surface area contributed by atoms with E-state index in [2.05, 4.69) is 15.6 Å². The summed E-state index contributed by atoms with van der Waals surface area (Å²) in [6.07, 6.45) is 0. The van der Waals surface area contributed by atoms with Crippen LogP contribution in [-0.2, 0) is 9.73 Å². The van der Waals surface area contributed by atoms with E-state index in [0.29, 0.717) is 0 Å². The van der Waals surface area contributed by atoms with Crippen LogP contribution in [0.3, 0.4) is 0 Å². The van der Waals surface area contributed by atoms with E-state index in [0.717, 1.165) is 0 Å². The first-order valence-electron chi connectivity index (χ1n) is 3.56. The molecule has 0 atom stereocenters. The van der Waals surface area contributed by atoms with Crippen molar-refractivity contribution in [1.82, 2.24) is 0 Å². The van der Waals surface area contributed by atoms with Gasteiger partial charge in [0, 0.05) is 0 Å². The minimum absolute atomic E-state index is 0. The largest absolute Gasteiger partial charge is 2.00 e. The van der Waals surface area contributed by atoms with Crippen molar-refractivity contribution >= 4 is 35.0 Å². The molecule has 0 amide bonds. The fraction of sp³-hybridized carbons (Fsp3) is 0. The molecule has 78 valence electrons. The number of carbonyl (C=O) groups is 2.